The summed E-state index contributed by atoms with van der Waals surface area (Å²) in [6.45, 7) is 3.92. The summed E-state index contributed by atoms with van der Waals surface area (Å²) in [5.74, 6) is 1.10. The smallest absolute Gasteiger partial charge is 0.252 e. The molecule has 32 heavy (non-hydrogen) atoms. The first-order chi connectivity index (χ1) is 15.7. The lowest BCUT2D eigenvalue weighted by atomic mass is 9.96. The first kappa shape index (κ1) is 20.5. The van der Waals surface area contributed by atoms with E-state index in [0.29, 0.717) is 30.2 Å². The third-order valence-electron chi connectivity index (χ3n) is 5.95. The minimum atomic E-state index is -0.105. The van der Waals surface area contributed by atoms with Crippen molar-refractivity contribution in [1.82, 2.24) is 20.1 Å². The van der Waals surface area contributed by atoms with Gasteiger partial charge in [-0.2, -0.15) is 5.10 Å². The van der Waals surface area contributed by atoms with Crippen molar-refractivity contribution in [3.8, 4) is 11.3 Å². The summed E-state index contributed by atoms with van der Waals surface area (Å²) in [5, 5.41) is 8.37. The van der Waals surface area contributed by atoms with Gasteiger partial charge in [-0.05, 0) is 43.9 Å². The van der Waals surface area contributed by atoms with Crippen molar-refractivity contribution in [2.24, 2.45) is 5.92 Å². The number of nitrogens with zero attached hydrogens (tertiary/aromatic N) is 3. The largest absolute Gasteiger partial charge is 0.467 e. The van der Waals surface area contributed by atoms with E-state index in [9.17, 15) is 4.79 Å². The second kappa shape index (κ2) is 8.96. The van der Waals surface area contributed by atoms with Gasteiger partial charge in [0.05, 0.1) is 35.2 Å². The number of aromatic nitrogens is 3. The normalized spacial score (nSPS) is 18.7. The highest BCUT2D eigenvalue weighted by Crippen LogP contribution is 2.26. The summed E-state index contributed by atoms with van der Waals surface area (Å²) in [4.78, 5) is 18.1. The molecule has 1 aliphatic heterocycles. The Balaban J connectivity index is 1.48. The molecule has 1 aromatic carbocycles. The van der Waals surface area contributed by atoms with Crippen molar-refractivity contribution < 1.29 is 13.9 Å². The minimum Gasteiger partial charge on any atom is -0.467 e. The van der Waals surface area contributed by atoms with Gasteiger partial charge in [-0.1, -0.05) is 30.3 Å². The summed E-state index contributed by atoms with van der Waals surface area (Å²) in [6, 6.07) is 15.5. The molecule has 0 unspecified atom stereocenters. The van der Waals surface area contributed by atoms with Gasteiger partial charge in [-0.3, -0.25) is 4.79 Å². The molecule has 5 rings (SSSR count). The van der Waals surface area contributed by atoms with E-state index in [0.717, 1.165) is 41.9 Å². The van der Waals surface area contributed by atoms with Crippen LogP contribution >= 0.6 is 0 Å². The molecule has 164 valence electrons. The fraction of sp³-hybridized carbons (Fsp3) is 0.320. The molecule has 7 nitrogen and oxygen atoms in total. The van der Waals surface area contributed by atoms with E-state index >= 15 is 0 Å². The molecule has 0 bridgehead atoms. The summed E-state index contributed by atoms with van der Waals surface area (Å²) in [7, 11) is 0. The predicted octanol–water partition coefficient (Wildman–Crippen LogP) is 4.28. The van der Waals surface area contributed by atoms with E-state index in [-0.39, 0.29) is 12.0 Å². The van der Waals surface area contributed by atoms with Gasteiger partial charge in [0.1, 0.15) is 12.3 Å². The van der Waals surface area contributed by atoms with Crippen LogP contribution in [0.2, 0.25) is 0 Å². The number of rotatable bonds is 6. The molecule has 0 spiro atoms. The molecule has 1 aliphatic rings. The lowest BCUT2D eigenvalue weighted by Crippen LogP contribution is -2.34. The van der Waals surface area contributed by atoms with Crippen LogP contribution in [0.1, 0.15) is 35.9 Å². The zero-order chi connectivity index (χ0) is 21.9. The zero-order valence-electron chi connectivity index (χ0n) is 18.0. The van der Waals surface area contributed by atoms with E-state index in [4.69, 9.17) is 14.1 Å². The number of furan rings is 1. The van der Waals surface area contributed by atoms with Crippen molar-refractivity contribution in [1.29, 1.82) is 0 Å². The Hall–Kier alpha value is -3.45. The topological polar surface area (TPSA) is 82.2 Å². The number of fused-ring (bicyclic) bond motifs is 1. The summed E-state index contributed by atoms with van der Waals surface area (Å²) >= 11 is 0. The van der Waals surface area contributed by atoms with E-state index in [1.807, 2.05) is 48.5 Å². The zero-order valence-corrected chi connectivity index (χ0v) is 18.0. The van der Waals surface area contributed by atoms with Crippen molar-refractivity contribution >= 4 is 16.9 Å². The van der Waals surface area contributed by atoms with Gasteiger partial charge >= 0.3 is 0 Å². The van der Waals surface area contributed by atoms with Crippen LogP contribution in [-0.2, 0) is 11.3 Å². The maximum Gasteiger partial charge on any atom is 0.252 e. The fourth-order valence-corrected chi connectivity index (χ4v) is 4.27. The van der Waals surface area contributed by atoms with Crippen molar-refractivity contribution in [2.45, 2.75) is 32.4 Å². The maximum absolute atomic E-state index is 13.3. The molecule has 0 saturated carbocycles. The molecule has 4 heterocycles. The monoisotopic (exact) mass is 430 g/mol. The van der Waals surface area contributed by atoms with Crippen LogP contribution in [0.4, 0.5) is 0 Å². The molecular weight excluding hydrogens is 404 g/mol. The Kier molecular flexibility index (Phi) is 5.73. The van der Waals surface area contributed by atoms with Gasteiger partial charge in [-0.25, -0.2) is 9.67 Å². The summed E-state index contributed by atoms with van der Waals surface area (Å²) in [6.07, 6.45) is 5.52. The van der Waals surface area contributed by atoms with Gasteiger partial charge in [0.2, 0.25) is 0 Å². The van der Waals surface area contributed by atoms with E-state index in [1.165, 1.54) is 0 Å². The first-order valence-corrected chi connectivity index (χ1v) is 11.0. The lowest BCUT2D eigenvalue weighted by molar-refractivity contribution is 0.00302. The van der Waals surface area contributed by atoms with Gasteiger partial charge in [-0.15, -0.1) is 0 Å². The Labute approximate surface area is 186 Å². The number of amides is 1. The Bertz CT molecular complexity index is 1200. The Morgan fingerprint density at radius 3 is 2.88 bits per heavy atom. The molecule has 3 aromatic heterocycles. The summed E-state index contributed by atoms with van der Waals surface area (Å²) in [5.41, 5.74) is 2.93. The highest BCUT2D eigenvalue weighted by Gasteiger charge is 2.22. The molecule has 0 aliphatic carbocycles. The number of hydrogen-bond donors (Lipinski definition) is 1. The quantitative estimate of drug-likeness (QED) is 0.494. The number of pyridine rings is 1. The van der Waals surface area contributed by atoms with Crippen LogP contribution in [0.5, 0.6) is 0 Å². The molecule has 1 saturated heterocycles. The van der Waals surface area contributed by atoms with Crippen LogP contribution in [-0.4, -0.2) is 39.9 Å². The van der Waals surface area contributed by atoms with Gasteiger partial charge in [0.15, 0.2) is 5.65 Å². The third kappa shape index (κ3) is 4.29. The number of ether oxygens (including phenoxy) is 1. The molecule has 2 atom stereocenters. The van der Waals surface area contributed by atoms with E-state index < -0.39 is 0 Å². The van der Waals surface area contributed by atoms with Crippen LogP contribution in [0, 0.1) is 5.92 Å². The molecule has 0 radical (unpaired) electrons. The average Bonchev–Trinajstić information content (AvgIpc) is 3.48. The van der Waals surface area contributed by atoms with Crippen molar-refractivity contribution in [3.63, 3.8) is 0 Å². The van der Waals surface area contributed by atoms with Crippen LogP contribution in [0.15, 0.2) is 65.4 Å². The van der Waals surface area contributed by atoms with Gasteiger partial charge in [0, 0.05) is 18.7 Å². The van der Waals surface area contributed by atoms with Crippen molar-refractivity contribution in [2.75, 3.05) is 13.2 Å². The van der Waals surface area contributed by atoms with Crippen LogP contribution in [0.25, 0.3) is 22.3 Å². The number of hydrogen-bond acceptors (Lipinski definition) is 5. The number of carbonyl (C=O) groups is 1. The van der Waals surface area contributed by atoms with E-state index in [2.05, 4.69) is 17.3 Å². The molecule has 1 fully saturated rings. The fourth-order valence-electron chi connectivity index (χ4n) is 4.27. The third-order valence-corrected chi connectivity index (χ3v) is 5.95. The first-order valence-electron chi connectivity index (χ1n) is 11.0. The molecule has 1 amide bonds. The Morgan fingerprint density at radius 2 is 2.09 bits per heavy atom. The lowest BCUT2D eigenvalue weighted by Gasteiger charge is -2.27. The van der Waals surface area contributed by atoms with Crippen LogP contribution in [0.3, 0.4) is 0 Å². The summed E-state index contributed by atoms with van der Waals surface area (Å²) < 4.78 is 12.9. The second-order valence-electron chi connectivity index (χ2n) is 8.32. The average molecular weight is 431 g/mol. The van der Waals surface area contributed by atoms with Gasteiger partial charge in [0.25, 0.3) is 5.91 Å². The minimum absolute atomic E-state index is 0.105. The highest BCUT2D eigenvalue weighted by molar-refractivity contribution is 6.06. The SMILES string of the molecule is C[C@@H]1C[C@@H](CNC(=O)c2cc(-c3ccccc3)nc3c2cnn3Cc2ccco2)CCO1. The number of carbonyl (C=O) groups excluding carboxylic acids is 1. The van der Waals surface area contributed by atoms with Crippen molar-refractivity contribution in [3.05, 3.63) is 72.3 Å². The molecule has 7 heteroatoms. The highest BCUT2D eigenvalue weighted by atomic mass is 16.5. The molecule has 4 aromatic rings. The molecule has 1 N–H and O–H groups in total. The standard InChI is InChI=1S/C25H26N4O3/c1-17-12-18(9-11-31-17)14-26-25(30)21-13-23(19-6-3-2-4-7-19)28-24-22(21)15-27-29(24)16-20-8-5-10-32-20/h2-8,10,13,15,17-18H,9,11-12,14,16H2,1H3,(H,26,30)/t17-,18+/m1/s1. The number of benzene rings is 1. The van der Waals surface area contributed by atoms with Gasteiger partial charge < -0.3 is 14.5 Å². The second-order valence-corrected chi connectivity index (χ2v) is 8.32. The maximum atomic E-state index is 13.3. The molecular formula is C25H26N4O3. The van der Waals surface area contributed by atoms with E-state index in [1.54, 1.807) is 17.1 Å². The predicted molar refractivity (Wildman–Crippen MR) is 121 cm³/mol. The Morgan fingerprint density at radius 1 is 1.22 bits per heavy atom. The number of nitrogens with one attached hydrogen (secondary N) is 1. The van der Waals surface area contributed by atoms with Crippen LogP contribution < -0.4 is 5.32 Å².